The molecule has 0 aliphatic rings. The van der Waals surface area contributed by atoms with E-state index < -0.39 is 0 Å². The average Bonchev–Trinajstić information content (AvgIpc) is 2.84. The molecular weight excluding hydrogens is 286 g/mol. The summed E-state index contributed by atoms with van der Waals surface area (Å²) in [6.45, 7) is 5.73. The highest BCUT2D eigenvalue weighted by molar-refractivity contribution is 7.21. The minimum atomic E-state index is -0.145. The Hall–Kier alpha value is -1.73. The molecule has 1 amide bonds. The Balaban J connectivity index is 1.98. The number of carbonyl (C=O) groups excluding carboxylic acids is 1. The first-order valence-corrected chi connectivity index (χ1v) is 7.84. The zero-order chi connectivity index (χ0) is 15.4. The number of nitrogen functional groups attached to an aromatic ring is 1. The highest BCUT2D eigenvalue weighted by Gasteiger charge is 2.17. The molecule has 7 heteroatoms. The monoisotopic (exact) mass is 307 g/mol. The van der Waals surface area contributed by atoms with Gasteiger partial charge in [0.25, 0.3) is 5.91 Å². The topological polar surface area (TPSA) is 84.1 Å². The van der Waals surface area contributed by atoms with Crippen molar-refractivity contribution < 1.29 is 4.79 Å². The van der Waals surface area contributed by atoms with Crippen LogP contribution in [0.15, 0.2) is 12.3 Å². The van der Waals surface area contributed by atoms with Crippen molar-refractivity contribution in [3.63, 3.8) is 0 Å². The van der Waals surface area contributed by atoms with E-state index in [0.717, 1.165) is 18.4 Å². The molecule has 0 saturated carbocycles. The number of thiophene rings is 1. The van der Waals surface area contributed by atoms with E-state index in [1.807, 2.05) is 0 Å². The zero-order valence-corrected chi connectivity index (χ0v) is 13.4. The first-order valence-electron chi connectivity index (χ1n) is 7.02. The molecule has 0 aliphatic carbocycles. The highest BCUT2D eigenvalue weighted by atomic mass is 32.1. The van der Waals surface area contributed by atoms with Gasteiger partial charge in [0.1, 0.15) is 9.71 Å². The number of likely N-dealkylation sites (N-methyl/N-ethyl adjacent to an activating group) is 1. The van der Waals surface area contributed by atoms with E-state index in [4.69, 9.17) is 5.73 Å². The maximum atomic E-state index is 12.2. The van der Waals surface area contributed by atoms with Gasteiger partial charge in [-0.2, -0.15) is 5.10 Å². The lowest BCUT2D eigenvalue weighted by atomic mass is 10.2. The Morgan fingerprint density at radius 1 is 1.57 bits per heavy atom. The molecule has 2 rings (SSSR count). The maximum Gasteiger partial charge on any atom is 0.263 e. The summed E-state index contributed by atoms with van der Waals surface area (Å²) in [6, 6.07) is 2.29. The molecule has 0 bridgehead atoms. The Morgan fingerprint density at radius 3 is 3.00 bits per heavy atom. The van der Waals surface area contributed by atoms with Crippen LogP contribution in [0.2, 0.25) is 0 Å². The summed E-state index contributed by atoms with van der Waals surface area (Å²) in [5.74, 6) is -0.145. The number of anilines is 1. The fourth-order valence-corrected chi connectivity index (χ4v) is 2.95. The fourth-order valence-electron chi connectivity index (χ4n) is 2.00. The molecule has 0 spiro atoms. The lowest BCUT2D eigenvalue weighted by Crippen LogP contribution is -2.37. The van der Waals surface area contributed by atoms with Gasteiger partial charge in [-0.1, -0.05) is 6.92 Å². The lowest BCUT2D eigenvalue weighted by molar-refractivity contribution is 0.0952. The molecule has 2 aromatic rings. The van der Waals surface area contributed by atoms with Crippen molar-refractivity contribution in [3.05, 3.63) is 17.1 Å². The number of hydrogen-bond acceptors (Lipinski definition) is 6. The number of rotatable bonds is 6. The summed E-state index contributed by atoms with van der Waals surface area (Å²) in [5, 5.41) is 11.5. The molecule has 0 radical (unpaired) electrons. The summed E-state index contributed by atoms with van der Waals surface area (Å²) in [5.41, 5.74) is 6.50. The van der Waals surface area contributed by atoms with Crippen LogP contribution in [0.1, 0.15) is 29.9 Å². The van der Waals surface area contributed by atoms with Crippen LogP contribution in [0.4, 0.5) is 5.69 Å². The largest absolute Gasteiger partial charge is 0.397 e. The molecule has 1 atom stereocenters. The minimum Gasteiger partial charge on any atom is -0.397 e. The van der Waals surface area contributed by atoms with E-state index in [-0.39, 0.29) is 5.91 Å². The zero-order valence-electron chi connectivity index (χ0n) is 12.6. The molecule has 21 heavy (non-hydrogen) atoms. The van der Waals surface area contributed by atoms with Crippen molar-refractivity contribution in [3.8, 4) is 0 Å². The fraction of sp³-hybridized carbons (Fsp3) is 0.500. The number of fused-ring (bicyclic) bond motifs is 1. The van der Waals surface area contributed by atoms with Gasteiger partial charge in [0.05, 0.1) is 11.9 Å². The predicted octanol–water partition coefficient (Wildman–Crippen LogP) is 1.73. The SMILES string of the molecule is CCC(C)N(C)CCNC(=O)c1sc2nnccc2c1N. The van der Waals surface area contributed by atoms with Gasteiger partial charge in [-0.15, -0.1) is 16.4 Å². The van der Waals surface area contributed by atoms with Crippen LogP contribution in [0.25, 0.3) is 10.2 Å². The van der Waals surface area contributed by atoms with Crippen LogP contribution >= 0.6 is 11.3 Å². The van der Waals surface area contributed by atoms with Crippen molar-refractivity contribution in [1.29, 1.82) is 0 Å². The summed E-state index contributed by atoms with van der Waals surface area (Å²) < 4.78 is 0. The summed E-state index contributed by atoms with van der Waals surface area (Å²) in [4.78, 5) is 15.6. The van der Waals surface area contributed by atoms with Crippen LogP contribution in [0.5, 0.6) is 0 Å². The molecule has 2 aromatic heterocycles. The Morgan fingerprint density at radius 2 is 2.33 bits per heavy atom. The van der Waals surface area contributed by atoms with Crippen LogP contribution in [0.3, 0.4) is 0 Å². The molecule has 2 heterocycles. The van der Waals surface area contributed by atoms with Gasteiger partial charge < -0.3 is 16.0 Å². The number of aromatic nitrogens is 2. The number of hydrogen-bond donors (Lipinski definition) is 2. The normalized spacial score (nSPS) is 12.8. The van der Waals surface area contributed by atoms with Gasteiger partial charge in [-0.3, -0.25) is 4.79 Å². The third-order valence-electron chi connectivity index (χ3n) is 3.72. The molecule has 0 saturated heterocycles. The van der Waals surface area contributed by atoms with Crippen molar-refractivity contribution in [1.82, 2.24) is 20.4 Å². The van der Waals surface area contributed by atoms with Crippen molar-refractivity contribution >= 4 is 33.1 Å². The average molecular weight is 307 g/mol. The van der Waals surface area contributed by atoms with Crippen LogP contribution in [-0.4, -0.2) is 47.2 Å². The van der Waals surface area contributed by atoms with Gasteiger partial charge in [-0.25, -0.2) is 0 Å². The number of nitrogens with zero attached hydrogens (tertiary/aromatic N) is 3. The second-order valence-corrected chi connectivity index (χ2v) is 6.09. The van der Waals surface area contributed by atoms with E-state index in [9.17, 15) is 4.79 Å². The standard InChI is InChI=1S/C14H21N5OS/c1-4-9(2)19(3)8-7-16-13(20)12-11(15)10-5-6-17-18-14(10)21-12/h5-6,9H,4,7-8,15H2,1-3H3,(H,16,20). The van der Waals surface area contributed by atoms with Gasteiger partial charge in [0.2, 0.25) is 0 Å². The van der Waals surface area contributed by atoms with Gasteiger partial charge in [0, 0.05) is 24.5 Å². The first-order chi connectivity index (χ1) is 10.0. The summed E-state index contributed by atoms with van der Waals surface area (Å²) in [6.07, 6.45) is 2.67. The molecule has 114 valence electrons. The second kappa shape index (κ2) is 6.82. The number of nitrogens with one attached hydrogen (secondary N) is 1. The Labute approximate surface area is 128 Å². The van der Waals surface area contributed by atoms with E-state index in [1.165, 1.54) is 11.3 Å². The molecule has 3 N–H and O–H groups in total. The lowest BCUT2D eigenvalue weighted by Gasteiger charge is -2.23. The molecule has 6 nitrogen and oxygen atoms in total. The minimum absolute atomic E-state index is 0.145. The van der Waals surface area contributed by atoms with E-state index in [0.29, 0.717) is 28.0 Å². The van der Waals surface area contributed by atoms with Gasteiger partial charge in [0.15, 0.2) is 0 Å². The third-order valence-corrected chi connectivity index (χ3v) is 4.82. The molecule has 0 aromatic carbocycles. The Bertz CT molecular complexity index is 627. The third kappa shape index (κ3) is 3.48. The smallest absolute Gasteiger partial charge is 0.263 e. The number of amides is 1. The maximum absolute atomic E-state index is 12.2. The molecule has 0 fully saturated rings. The van der Waals surface area contributed by atoms with Crippen LogP contribution in [0, 0.1) is 0 Å². The van der Waals surface area contributed by atoms with E-state index in [1.54, 1.807) is 12.3 Å². The second-order valence-electron chi connectivity index (χ2n) is 5.09. The van der Waals surface area contributed by atoms with Crippen LogP contribution < -0.4 is 11.1 Å². The molecule has 1 unspecified atom stereocenters. The van der Waals surface area contributed by atoms with Gasteiger partial charge in [-0.05, 0) is 26.5 Å². The molecule has 0 aliphatic heterocycles. The first kappa shape index (κ1) is 15.7. The quantitative estimate of drug-likeness (QED) is 0.849. The predicted molar refractivity (Wildman–Crippen MR) is 86.5 cm³/mol. The summed E-state index contributed by atoms with van der Waals surface area (Å²) in [7, 11) is 2.06. The summed E-state index contributed by atoms with van der Waals surface area (Å²) >= 11 is 1.28. The molecular formula is C14H21N5OS. The Kier molecular flexibility index (Phi) is 5.08. The van der Waals surface area contributed by atoms with Crippen molar-refractivity contribution in [2.75, 3.05) is 25.9 Å². The highest BCUT2D eigenvalue weighted by Crippen LogP contribution is 2.31. The number of nitrogens with two attached hydrogens (primary N) is 1. The van der Waals surface area contributed by atoms with Crippen molar-refractivity contribution in [2.45, 2.75) is 26.3 Å². The number of carbonyl (C=O) groups is 1. The van der Waals surface area contributed by atoms with E-state index in [2.05, 4.69) is 41.3 Å². The van der Waals surface area contributed by atoms with Crippen LogP contribution in [-0.2, 0) is 0 Å². The van der Waals surface area contributed by atoms with E-state index >= 15 is 0 Å². The van der Waals surface area contributed by atoms with Gasteiger partial charge >= 0.3 is 0 Å². The van der Waals surface area contributed by atoms with Crippen molar-refractivity contribution in [2.24, 2.45) is 0 Å².